The highest BCUT2D eigenvalue weighted by Gasteiger charge is 2.32. The van der Waals surface area contributed by atoms with Crippen molar-refractivity contribution in [1.29, 1.82) is 0 Å². The number of anilines is 1. The Labute approximate surface area is 97.8 Å². The summed E-state index contributed by atoms with van der Waals surface area (Å²) in [6.07, 6.45) is 0.827. The second-order valence-electron chi connectivity index (χ2n) is 3.60. The predicted octanol–water partition coefficient (Wildman–Crippen LogP) is 0.139. The SMILES string of the molecule is CNc1nccc(O[C@@H]2COC(C(=O)O)C2)n1. The summed E-state index contributed by atoms with van der Waals surface area (Å²) >= 11 is 0. The molecular formula is C10H13N3O4. The number of aromatic nitrogens is 2. The molecule has 0 amide bonds. The molecule has 1 aliphatic rings. The smallest absolute Gasteiger partial charge is 0.332 e. The first-order valence-corrected chi connectivity index (χ1v) is 5.21. The lowest BCUT2D eigenvalue weighted by Gasteiger charge is -2.10. The first kappa shape index (κ1) is 11.6. The Morgan fingerprint density at radius 2 is 2.53 bits per heavy atom. The van der Waals surface area contributed by atoms with Gasteiger partial charge >= 0.3 is 5.97 Å². The molecule has 0 aromatic carbocycles. The van der Waals surface area contributed by atoms with E-state index in [1.165, 1.54) is 0 Å². The van der Waals surface area contributed by atoms with Gasteiger partial charge in [-0.3, -0.25) is 0 Å². The maximum Gasteiger partial charge on any atom is 0.332 e. The van der Waals surface area contributed by atoms with Crippen LogP contribution < -0.4 is 10.1 Å². The summed E-state index contributed by atoms with van der Waals surface area (Å²) in [4.78, 5) is 18.7. The van der Waals surface area contributed by atoms with Crippen LogP contribution in [0.3, 0.4) is 0 Å². The first-order valence-electron chi connectivity index (χ1n) is 5.21. The molecule has 2 N–H and O–H groups in total. The molecule has 17 heavy (non-hydrogen) atoms. The molecule has 1 aliphatic heterocycles. The average molecular weight is 239 g/mol. The molecular weight excluding hydrogens is 226 g/mol. The van der Waals surface area contributed by atoms with Crippen molar-refractivity contribution in [3.05, 3.63) is 12.3 Å². The van der Waals surface area contributed by atoms with E-state index in [1.807, 2.05) is 0 Å². The molecule has 7 nitrogen and oxygen atoms in total. The number of aliphatic carboxylic acids is 1. The minimum atomic E-state index is -0.963. The van der Waals surface area contributed by atoms with Gasteiger partial charge in [0.1, 0.15) is 6.10 Å². The molecule has 0 saturated carbocycles. The molecule has 1 unspecified atom stereocenters. The molecule has 0 radical (unpaired) electrons. The van der Waals surface area contributed by atoms with Crippen molar-refractivity contribution in [2.75, 3.05) is 19.0 Å². The molecule has 2 heterocycles. The van der Waals surface area contributed by atoms with Crippen molar-refractivity contribution < 1.29 is 19.4 Å². The van der Waals surface area contributed by atoms with Crippen LogP contribution in [0.2, 0.25) is 0 Å². The summed E-state index contributed by atoms with van der Waals surface area (Å²) in [6.45, 7) is 0.260. The summed E-state index contributed by atoms with van der Waals surface area (Å²) < 4.78 is 10.6. The molecule has 2 atom stereocenters. The molecule has 1 fully saturated rings. The van der Waals surface area contributed by atoms with Gasteiger partial charge in [0.05, 0.1) is 6.61 Å². The van der Waals surface area contributed by atoms with Gasteiger partial charge in [-0.25, -0.2) is 9.78 Å². The summed E-state index contributed by atoms with van der Waals surface area (Å²) in [6, 6.07) is 1.62. The first-order chi connectivity index (χ1) is 8.19. The highest BCUT2D eigenvalue weighted by Crippen LogP contribution is 2.19. The minimum absolute atomic E-state index is 0.260. The lowest BCUT2D eigenvalue weighted by Crippen LogP contribution is -2.21. The Hall–Kier alpha value is -1.89. The van der Waals surface area contributed by atoms with E-state index in [0.29, 0.717) is 18.2 Å². The lowest BCUT2D eigenvalue weighted by molar-refractivity contribution is -0.147. The summed E-state index contributed by atoms with van der Waals surface area (Å²) in [7, 11) is 1.71. The molecule has 7 heteroatoms. The largest absolute Gasteiger partial charge is 0.479 e. The fourth-order valence-electron chi connectivity index (χ4n) is 1.55. The van der Waals surface area contributed by atoms with E-state index in [1.54, 1.807) is 19.3 Å². The fourth-order valence-corrected chi connectivity index (χ4v) is 1.55. The predicted molar refractivity (Wildman–Crippen MR) is 58.0 cm³/mol. The number of nitrogens with one attached hydrogen (secondary N) is 1. The third-order valence-electron chi connectivity index (χ3n) is 2.38. The number of hydrogen-bond donors (Lipinski definition) is 2. The van der Waals surface area contributed by atoms with Crippen LogP contribution in [0.5, 0.6) is 5.88 Å². The second-order valence-corrected chi connectivity index (χ2v) is 3.60. The second kappa shape index (κ2) is 4.96. The standard InChI is InChI=1S/C10H13N3O4/c1-11-10-12-3-2-8(13-10)17-6-4-7(9(14)15)16-5-6/h2-3,6-7H,4-5H2,1H3,(H,14,15)(H,11,12,13)/t6-,7?/m0/s1. The highest BCUT2D eigenvalue weighted by atomic mass is 16.6. The number of ether oxygens (including phenoxy) is 2. The van der Waals surface area contributed by atoms with Crippen LogP contribution in [0.25, 0.3) is 0 Å². The average Bonchev–Trinajstić information content (AvgIpc) is 2.78. The molecule has 1 aromatic rings. The topological polar surface area (TPSA) is 93.6 Å². The number of carboxylic acids is 1. The summed E-state index contributed by atoms with van der Waals surface area (Å²) in [5.41, 5.74) is 0. The third kappa shape index (κ3) is 2.82. The van der Waals surface area contributed by atoms with Crippen molar-refractivity contribution in [3.8, 4) is 5.88 Å². The van der Waals surface area contributed by atoms with Crippen LogP contribution in [0.1, 0.15) is 6.42 Å². The Morgan fingerprint density at radius 3 is 3.18 bits per heavy atom. The monoisotopic (exact) mass is 239 g/mol. The Morgan fingerprint density at radius 1 is 1.71 bits per heavy atom. The molecule has 1 saturated heterocycles. The molecule has 92 valence electrons. The van der Waals surface area contributed by atoms with E-state index in [-0.39, 0.29) is 12.7 Å². The van der Waals surface area contributed by atoms with Crippen LogP contribution in [-0.2, 0) is 9.53 Å². The maximum atomic E-state index is 10.7. The van der Waals surface area contributed by atoms with E-state index in [4.69, 9.17) is 14.6 Å². The maximum absolute atomic E-state index is 10.7. The van der Waals surface area contributed by atoms with Gasteiger partial charge in [-0.05, 0) is 0 Å². The van der Waals surface area contributed by atoms with Crippen molar-refractivity contribution in [1.82, 2.24) is 9.97 Å². The molecule has 2 rings (SSSR count). The van der Waals surface area contributed by atoms with Crippen molar-refractivity contribution in [2.45, 2.75) is 18.6 Å². The van der Waals surface area contributed by atoms with E-state index in [9.17, 15) is 4.79 Å². The molecule has 0 aliphatic carbocycles. The molecule has 0 spiro atoms. The number of carboxylic acid groups (broad SMARTS) is 1. The van der Waals surface area contributed by atoms with Crippen LogP contribution in [0, 0.1) is 0 Å². The zero-order valence-electron chi connectivity index (χ0n) is 9.29. The molecule has 1 aromatic heterocycles. The third-order valence-corrected chi connectivity index (χ3v) is 2.38. The van der Waals surface area contributed by atoms with Gasteiger partial charge in [-0.15, -0.1) is 0 Å². The lowest BCUT2D eigenvalue weighted by atomic mass is 10.2. The zero-order valence-corrected chi connectivity index (χ0v) is 9.29. The van der Waals surface area contributed by atoms with Crippen LogP contribution in [-0.4, -0.2) is 46.9 Å². The normalized spacial score (nSPS) is 23.4. The summed E-state index contributed by atoms with van der Waals surface area (Å²) in [5, 5.41) is 11.6. The number of rotatable bonds is 4. The highest BCUT2D eigenvalue weighted by molar-refractivity contribution is 5.72. The van der Waals surface area contributed by atoms with Crippen molar-refractivity contribution in [2.24, 2.45) is 0 Å². The van der Waals surface area contributed by atoms with Crippen molar-refractivity contribution in [3.63, 3.8) is 0 Å². The minimum Gasteiger partial charge on any atom is -0.479 e. The quantitative estimate of drug-likeness (QED) is 0.771. The zero-order chi connectivity index (χ0) is 12.3. The van der Waals surface area contributed by atoms with Crippen LogP contribution >= 0.6 is 0 Å². The summed E-state index contributed by atoms with van der Waals surface area (Å²) in [5.74, 6) is -0.102. The van der Waals surface area contributed by atoms with Crippen LogP contribution in [0.15, 0.2) is 12.3 Å². The van der Waals surface area contributed by atoms with Gasteiger partial charge in [0.25, 0.3) is 0 Å². The Balaban J connectivity index is 1.95. The van der Waals surface area contributed by atoms with E-state index < -0.39 is 12.1 Å². The van der Waals surface area contributed by atoms with Gasteiger partial charge in [0.2, 0.25) is 11.8 Å². The number of carbonyl (C=O) groups is 1. The van der Waals surface area contributed by atoms with Gasteiger partial charge in [0.15, 0.2) is 6.10 Å². The van der Waals surface area contributed by atoms with E-state index >= 15 is 0 Å². The van der Waals surface area contributed by atoms with Gasteiger partial charge < -0.3 is 19.9 Å². The Bertz CT molecular complexity index is 412. The van der Waals surface area contributed by atoms with Gasteiger partial charge in [-0.2, -0.15) is 4.98 Å². The van der Waals surface area contributed by atoms with E-state index in [2.05, 4.69) is 15.3 Å². The van der Waals surface area contributed by atoms with E-state index in [0.717, 1.165) is 0 Å². The number of hydrogen-bond acceptors (Lipinski definition) is 6. The number of nitrogens with zero attached hydrogens (tertiary/aromatic N) is 2. The van der Waals surface area contributed by atoms with Gasteiger partial charge in [0, 0.05) is 25.7 Å². The molecule has 0 bridgehead atoms. The Kier molecular flexibility index (Phi) is 3.38. The van der Waals surface area contributed by atoms with Crippen LogP contribution in [0.4, 0.5) is 5.95 Å². The van der Waals surface area contributed by atoms with Gasteiger partial charge in [-0.1, -0.05) is 0 Å². The van der Waals surface area contributed by atoms with Crippen molar-refractivity contribution >= 4 is 11.9 Å². The fraction of sp³-hybridized carbons (Fsp3) is 0.500.